The van der Waals surface area contributed by atoms with Gasteiger partial charge in [0.2, 0.25) is 0 Å². The first-order chi connectivity index (χ1) is 38.7. The predicted molar refractivity (Wildman–Crippen MR) is 331 cm³/mol. The van der Waals surface area contributed by atoms with Crippen LogP contribution < -0.4 is 0 Å². The Hall–Kier alpha value is -0.520. The monoisotopic (exact) mass is 1060 g/mol. The zero-order valence-corrected chi connectivity index (χ0v) is 51.5. The lowest BCUT2D eigenvalue weighted by Gasteiger charge is -2.58. The van der Waals surface area contributed by atoms with Crippen LogP contribution in [0.4, 0.5) is 0 Å². The minimum Gasteiger partial charge on any atom is -0.0816 e. The fourth-order valence-electron chi connectivity index (χ4n) is 28.0. The molecule has 0 spiro atoms. The van der Waals surface area contributed by atoms with Crippen molar-refractivity contribution in [3.05, 3.63) is 23.3 Å². The van der Waals surface area contributed by atoms with Gasteiger partial charge in [-0.15, -0.1) is 0 Å². The lowest BCUT2D eigenvalue weighted by atomic mass is 9.46. The van der Waals surface area contributed by atoms with Crippen molar-refractivity contribution in [3.8, 4) is 0 Å². The van der Waals surface area contributed by atoms with Crippen molar-refractivity contribution in [2.75, 3.05) is 0 Å². The minimum atomic E-state index is 0.682. The van der Waals surface area contributed by atoms with Gasteiger partial charge in [0.25, 0.3) is 0 Å². The van der Waals surface area contributed by atoms with Crippen LogP contribution in [0.5, 0.6) is 0 Å². The second-order valence-corrected chi connectivity index (χ2v) is 33.4. The summed E-state index contributed by atoms with van der Waals surface area (Å²) in [6, 6.07) is 0. The van der Waals surface area contributed by atoms with E-state index in [1.807, 2.05) is 0 Å². The zero-order valence-electron chi connectivity index (χ0n) is 51.5. The molecule has 0 aromatic rings. The summed E-state index contributed by atoms with van der Waals surface area (Å²) in [5.74, 6) is 20.6. The van der Waals surface area contributed by atoms with Crippen molar-refractivity contribution in [2.45, 2.75) is 334 Å². The maximum atomic E-state index is 3.17. The molecular formula is C78H126. The molecule has 14 fully saturated rings. The average molecular weight is 1060 g/mol. The first kappa shape index (κ1) is 55.4. The van der Waals surface area contributed by atoms with Crippen LogP contribution in [0.25, 0.3) is 0 Å². The van der Waals surface area contributed by atoms with Gasteiger partial charge in [0.05, 0.1) is 0 Å². The number of hydrogen-bond acceptors (Lipinski definition) is 0. The molecule has 78 heavy (non-hydrogen) atoms. The Labute approximate surface area is 483 Å². The highest BCUT2D eigenvalue weighted by molar-refractivity contribution is 5.22. The van der Waals surface area contributed by atoms with Gasteiger partial charge in [-0.05, 0) is 309 Å². The van der Waals surface area contributed by atoms with E-state index in [4.69, 9.17) is 0 Å². The summed E-state index contributed by atoms with van der Waals surface area (Å²) >= 11 is 0. The molecule has 14 aliphatic rings. The molecule has 0 bridgehead atoms. The third kappa shape index (κ3) is 10.5. The van der Waals surface area contributed by atoms with Crippen molar-refractivity contribution in [1.29, 1.82) is 0 Å². The van der Waals surface area contributed by atoms with Gasteiger partial charge in [0.15, 0.2) is 0 Å². The highest BCUT2D eigenvalue weighted by Gasteiger charge is 2.69. The lowest BCUT2D eigenvalue weighted by molar-refractivity contribution is -0.0971. The number of allylic oxidation sites excluding steroid dienone is 4. The molecular weight excluding hydrogens is 937 g/mol. The van der Waals surface area contributed by atoms with Gasteiger partial charge in [-0.2, -0.15) is 0 Å². The zero-order chi connectivity index (χ0) is 51.9. The van der Waals surface area contributed by atoms with Gasteiger partial charge < -0.3 is 0 Å². The fraction of sp³-hybridized carbons (Fsp3) is 0.949. The fourth-order valence-corrected chi connectivity index (χ4v) is 28.0. The topological polar surface area (TPSA) is 0 Å². The molecule has 0 aromatic carbocycles. The molecule has 0 nitrogen and oxygen atoms in total. The van der Waals surface area contributed by atoms with E-state index in [-0.39, 0.29) is 0 Å². The largest absolute Gasteiger partial charge is 0.0816 e. The highest BCUT2D eigenvalue weighted by atomic mass is 14.7. The molecule has 14 rings (SSSR count). The predicted octanol–water partition coefficient (Wildman–Crippen LogP) is 23.6. The van der Waals surface area contributed by atoms with E-state index in [2.05, 4.69) is 23.3 Å². The standard InChI is InChI=1S/C78H126/c1-9-25-57(26-10-1)71(58-27-11-2-12-28-58)49-55-41-45-67-69-47-43-61(53-75(69)77(73(67)51-55,63-33-17-5-18-34-63)64-35-19-6-20-36-64)62-44-48-70-68-46-42-56(50-72(59-29-13-3-14-30-59)60-31-15-4-16-32-60)52-74(68)78(76(70)54-62,65-37-21-7-22-38-65)66-39-23-8-24-40-66/h49-50,55-70,73-76H,1-48,51-54H2. The third-order valence-corrected chi connectivity index (χ3v) is 30.5. The quantitative estimate of drug-likeness (QED) is 0.181. The Balaban J connectivity index is 0.788. The van der Waals surface area contributed by atoms with Crippen molar-refractivity contribution in [2.24, 2.45) is 129 Å². The van der Waals surface area contributed by atoms with E-state index >= 15 is 0 Å². The summed E-state index contributed by atoms with van der Waals surface area (Å²) in [4.78, 5) is 0. The Morgan fingerprint density at radius 1 is 0.218 bits per heavy atom. The van der Waals surface area contributed by atoms with Gasteiger partial charge >= 0.3 is 0 Å². The summed E-state index contributed by atoms with van der Waals surface area (Å²) < 4.78 is 0. The van der Waals surface area contributed by atoms with Crippen LogP contribution in [-0.4, -0.2) is 0 Å². The third-order valence-electron chi connectivity index (χ3n) is 30.5. The molecule has 0 heterocycles. The van der Waals surface area contributed by atoms with Crippen LogP contribution in [0.1, 0.15) is 334 Å². The summed E-state index contributed by atoms with van der Waals surface area (Å²) in [6.45, 7) is 0. The highest BCUT2D eigenvalue weighted by Crippen LogP contribution is 2.76. The van der Waals surface area contributed by atoms with Crippen LogP contribution in [0, 0.1) is 129 Å². The summed E-state index contributed by atoms with van der Waals surface area (Å²) in [5, 5.41) is 0. The van der Waals surface area contributed by atoms with Gasteiger partial charge in [0.1, 0.15) is 0 Å². The van der Waals surface area contributed by atoms with Crippen molar-refractivity contribution in [1.82, 2.24) is 0 Å². The van der Waals surface area contributed by atoms with Crippen molar-refractivity contribution < 1.29 is 0 Å². The average Bonchev–Trinajstić information content (AvgIpc) is 4.10. The second kappa shape index (κ2) is 25.2. The Kier molecular flexibility index (Phi) is 17.9. The molecule has 0 radical (unpaired) electrons. The van der Waals surface area contributed by atoms with E-state index < -0.39 is 0 Å². The van der Waals surface area contributed by atoms with Crippen LogP contribution in [-0.2, 0) is 0 Å². The van der Waals surface area contributed by atoms with Crippen LogP contribution in [0.3, 0.4) is 0 Å². The molecule has 0 aliphatic heterocycles. The summed E-state index contributed by atoms with van der Waals surface area (Å²) in [5.41, 5.74) is 5.51. The molecule has 0 amide bonds. The van der Waals surface area contributed by atoms with E-state index in [1.54, 1.807) is 205 Å². The van der Waals surface area contributed by atoms with Crippen molar-refractivity contribution in [3.63, 3.8) is 0 Å². The number of hydrogen-bond donors (Lipinski definition) is 0. The molecule has 438 valence electrons. The Bertz CT molecular complexity index is 1720. The summed E-state index contributed by atoms with van der Waals surface area (Å²) in [7, 11) is 0. The SMILES string of the molecule is C(=C(C1CCCCC1)C1CCCCC1)C1CCC2C3CCC(C4CCC5C6CCC(C=C(C7CCCCC7)C7CCCCC7)CC6C(C6CCCCC6)(C6CCCCC6)C5C4)CC3C(C3CCCCC3)(C3CCCCC3)C2C1. The molecule has 0 aromatic heterocycles. The smallest absolute Gasteiger partial charge is 0.0179 e. The molecule has 0 saturated heterocycles. The minimum absolute atomic E-state index is 0.682. The van der Waals surface area contributed by atoms with Crippen molar-refractivity contribution >= 4 is 0 Å². The maximum absolute atomic E-state index is 3.17. The van der Waals surface area contributed by atoms with Gasteiger partial charge in [-0.25, -0.2) is 0 Å². The van der Waals surface area contributed by atoms with Gasteiger partial charge in [0, 0.05) is 0 Å². The maximum Gasteiger partial charge on any atom is -0.0179 e. The van der Waals surface area contributed by atoms with Crippen LogP contribution in [0.2, 0.25) is 0 Å². The van der Waals surface area contributed by atoms with Gasteiger partial charge in [-0.3, -0.25) is 0 Å². The van der Waals surface area contributed by atoms with Crippen LogP contribution >= 0.6 is 0 Å². The van der Waals surface area contributed by atoms with Crippen LogP contribution in [0.15, 0.2) is 23.3 Å². The number of fused-ring (bicyclic) bond motifs is 6. The Morgan fingerprint density at radius 2 is 0.449 bits per heavy atom. The van der Waals surface area contributed by atoms with E-state index in [0.29, 0.717) is 10.8 Å². The molecule has 12 unspecified atom stereocenters. The molecule has 14 aliphatic carbocycles. The second-order valence-electron chi connectivity index (χ2n) is 33.4. The molecule has 0 heteroatoms. The normalized spacial score (nSPS) is 41.3. The summed E-state index contributed by atoms with van der Waals surface area (Å²) in [6.07, 6.45) is 88.4. The van der Waals surface area contributed by atoms with Gasteiger partial charge in [-0.1, -0.05) is 177 Å². The molecule has 12 atom stereocenters. The number of rotatable bonds is 11. The first-order valence-corrected chi connectivity index (χ1v) is 38.1. The lowest BCUT2D eigenvalue weighted by Crippen LogP contribution is -2.51. The first-order valence-electron chi connectivity index (χ1n) is 38.1. The Morgan fingerprint density at radius 3 is 0.718 bits per heavy atom. The van der Waals surface area contributed by atoms with E-state index in [9.17, 15) is 0 Å². The molecule has 0 N–H and O–H groups in total. The van der Waals surface area contributed by atoms with E-state index in [0.717, 1.165) is 118 Å². The molecule has 14 saturated carbocycles. The van der Waals surface area contributed by atoms with E-state index in [1.165, 1.54) is 128 Å².